The van der Waals surface area contributed by atoms with Crippen LogP contribution in [0.25, 0.3) is 24.3 Å². The predicted octanol–water partition coefficient (Wildman–Crippen LogP) is 6.11. The fourth-order valence-corrected chi connectivity index (χ4v) is 3.04. The largest absolute Gasteiger partial charge is 0.456 e. The van der Waals surface area contributed by atoms with Gasteiger partial charge in [-0.15, -0.1) is 0 Å². The van der Waals surface area contributed by atoms with E-state index in [1.165, 1.54) is 11.1 Å². The Hall–Kier alpha value is -3.77. The molecule has 3 aromatic rings. The van der Waals surface area contributed by atoms with Crippen LogP contribution in [-0.4, -0.2) is 0 Å². The zero-order valence-electron chi connectivity index (χ0n) is 13.8. The van der Waals surface area contributed by atoms with Gasteiger partial charge in [-0.3, -0.25) is 0 Å². The van der Waals surface area contributed by atoms with E-state index in [9.17, 15) is 5.26 Å². The highest BCUT2D eigenvalue weighted by Crippen LogP contribution is 2.37. The van der Waals surface area contributed by atoms with Crippen molar-refractivity contribution in [1.29, 1.82) is 5.26 Å². The summed E-state index contributed by atoms with van der Waals surface area (Å²) in [4.78, 5) is 0. The maximum Gasteiger partial charge on any atom is 0.149 e. The lowest BCUT2D eigenvalue weighted by Gasteiger charge is -2.16. The number of fused-ring (bicyclic) bond motifs is 2. The Bertz CT molecular complexity index is 1070. The van der Waals surface area contributed by atoms with Gasteiger partial charge in [-0.25, -0.2) is 0 Å². The maximum absolute atomic E-state index is 9.64. The summed E-state index contributed by atoms with van der Waals surface area (Å²) in [6.45, 7) is 0. The van der Waals surface area contributed by atoms with E-state index in [2.05, 4.69) is 18.2 Å². The Morgan fingerprint density at radius 2 is 1.12 bits per heavy atom. The average Bonchev–Trinajstić information content (AvgIpc) is 2.60. The van der Waals surface area contributed by atoms with Crippen molar-refractivity contribution in [2.75, 3.05) is 0 Å². The van der Waals surface area contributed by atoms with Crippen LogP contribution < -0.4 is 9.47 Å². The minimum absolute atomic E-state index is 0.379. The Balaban J connectivity index is 1.45. The van der Waals surface area contributed by atoms with Crippen LogP contribution in [0.3, 0.4) is 0 Å². The number of hydrogen-bond donors (Lipinski definition) is 0. The van der Waals surface area contributed by atoms with Crippen LogP contribution in [0.5, 0.6) is 23.0 Å². The van der Waals surface area contributed by atoms with E-state index in [-0.39, 0.29) is 0 Å². The molecule has 0 saturated carbocycles. The van der Waals surface area contributed by atoms with Crippen LogP contribution in [0, 0.1) is 11.3 Å². The van der Waals surface area contributed by atoms with Gasteiger partial charge in [0.2, 0.25) is 0 Å². The van der Waals surface area contributed by atoms with Crippen molar-refractivity contribution in [3.05, 3.63) is 82.4 Å². The number of hydrogen-bond acceptors (Lipinski definition) is 3. The molecule has 2 aliphatic carbocycles. The Labute approximate surface area is 151 Å². The maximum atomic E-state index is 9.64. The van der Waals surface area contributed by atoms with Crippen molar-refractivity contribution < 1.29 is 9.47 Å². The highest BCUT2D eigenvalue weighted by atomic mass is 16.5. The third kappa shape index (κ3) is 2.37. The molecule has 3 nitrogen and oxygen atoms in total. The third-order valence-corrected chi connectivity index (χ3v) is 4.56. The summed E-state index contributed by atoms with van der Waals surface area (Å²) in [5.74, 6) is 2.37. The Kier molecular flexibility index (Phi) is 3.16. The molecular formula is C23H13NO2. The average molecular weight is 335 g/mol. The summed E-state index contributed by atoms with van der Waals surface area (Å²) in [5, 5.41) is 9.64. The van der Waals surface area contributed by atoms with Gasteiger partial charge >= 0.3 is 0 Å². The summed E-state index contributed by atoms with van der Waals surface area (Å²) in [5.41, 5.74) is 5.06. The van der Waals surface area contributed by atoms with Gasteiger partial charge < -0.3 is 9.47 Å². The van der Waals surface area contributed by atoms with E-state index in [1.807, 2.05) is 54.6 Å². The van der Waals surface area contributed by atoms with E-state index >= 15 is 0 Å². The quantitative estimate of drug-likeness (QED) is 0.398. The molecular weight excluding hydrogens is 322 g/mol. The summed E-state index contributed by atoms with van der Waals surface area (Å²) < 4.78 is 11.9. The van der Waals surface area contributed by atoms with Crippen LogP contribution in [0.2, 0.25) is 0 Å². The van der Waals surface area contributed by atoms with Crippen molar-refractivity contribution in [3.63, 3.8) is 0 Å². The second kappa shape index (κ2) is 5.65. The van der Waals surface area contributed by atoms with E-state index in [1.54, 1.807) is 12.1 Å². The first kappa shape index (κ1) is 14.6. The molecule has 0 amide bonds. The first-order valence-electron chi connectivity index (χ1n) is 8.33. The molecule has 0 saturated heterocycles. The van der Waals surface area contributed by atoms with Crippen LogP contribution in [-0.2, 0) is 0 Å². The molecule has 26 heavy (non-hydrogen) atoms. The number of benzene rings is 3. The van der Waals surface area contributed by atoms with Crippen molar-refractivity contribution in [2.45, 2.75) is 0 Å². The first-order valence-corrected chi connectivity index (χ1v) is 8.33. The molecule has 2 aliphatic rings. The standard InChI is InChI=1S/C23H13NO2/c24-14-21-22(25-19-10-8-15-4-6-17(15)12-19)2-1-3-23(21)26-20-11-9-16-5-7-18(16)13-20/h1-13H. The molecule has 0 N–H and O–H groups in total. The molecule has 5 rings (SSSR count). The fraction of sp³-hybridized carbons (Fsp3) is 0. The van der Waals surface area contributed by atoms with Crippen LogP contribution in [0.4, 0.5) is 0 Å². The summed E-state index contributed by atoms with van der Waals surface area (Å²) in [7, 11) is 0. The normalized spacial score (nSPS) is 12.3. The molecule has 0 spiro atoms. The molecule has 0 unspecified atom stereocenters. The molecule has 122 valence electrons. The molecule has 0 fully saturated rings. The van der Waals surface area contributed by atoms with E-state index in [4.69, 9.17) is 9.47 Å². The van der Waals surface area contributed by atoms with Gasteiger partial charge in [0, 0.05) is 0 Å². The number of nitrogens with zero attached hydrogens (tertiary/aromatic N) is 1. The highest BCUT2D eigenvalue weighted by Gasteiger charge is 2.15. The molecule has 0 atom stereocenters. The first-order chi connectivity index (χ1) is 12.8. The van der Waals surface area contributed by atoms with Crippen molar-refractivity contribution in [3.8, 4) is 29.1 Å². The van der Waals surface area contributed by atoms with Gasteiger partial charge in [0.1, 0.15) is 34.6 Å². The molecule has 0 radical (unpaired) electrons. The van der Waals surface area contributed by atoms with Crippen molar-refractivity contribution in [1.82, 2.24) is 0 Å². The minimum atomic E-state index is 0.379. The monoisotopic (exact) mass is 335 g/mol. The lowest BCUT2D eigenvalue weighted by atomic mass is 9.98. The third-order valence-electron chi connectivity index (χ3n) is 4.56. The van der Waals surface area contributed by atoms with Crippen LogP contribution >= 0.6 is 0 Å². The second-order valence-electron chi connectivity index (χ2n) is 6.19. The zero-order chi connectivity index (χ0) is 17.5. The summed E-state index contributed by atoms with van der Waals surface area (Å²) in [6, 6.07) is 19.3. The van der Waals surface area contributed by atoms with Gasteiger partial charge in [0.25, 0.3) is 0 Å². The van der Waals surface area contributed by atoms with Crippen molar-refractivity contribution in [2.24, 2.45) is 0 Å². The predicted molar refractivity (Wildman–Crippen MR) is 102 cm³/mol. The molecule has 3 aromatic carbocycles. The molecule has 3 heteroatoms. The lowest BCUT2D eigenvalue weighted by Crippen LogP contribution is -1.96. The second-order valence-corrected chi connectivity index (χ2v) is 6.19. The zero-order valence-corrected chi connectivity index (χ0v) is 13.8. The Morgan fingerprint density at radius 1 is 0.615 bits per heavy atom. The molecule has 0 aromatic heterocycles. The highest BCUT2D eigenvalue weighted by molar-refractivity contribution is 5.86. The van der Waals surface area contributed by atoms with Gasteiger partial charge in [-0.1, -0.05) is 42.5 Å². The fourth-order valence-electron chi connectivity index (χ4n) is 3.04. The van der Waals surface area contributed by atoms with E-state index in [0.717, 1.165) is 11.1 Å². The smallest absolute Gasteiger partial charge is 0.149 e. The summed E-state index contributed by atoms with van der Waals surface area (Å²) >= 11 is 0. The topological polar surface area (TPSA) is 42.2 Å². The number of rotatable bonds is 4. The van der Waals surface area contributed by atoms with Crippen molar-refractivity contribution >= 4 is 24.3 Å². The summed E-state index contributed by atoms with van der Waals surface area (Å²) in [6.07, 6.45) is 8.18. The Morgan fingerprint density at radius 3 is 1.50 bits per heavy atom. The van der Waals surface area contributed by atoms with Crippen LogP contribution in [0.15, 0.2) is 54.6 Å². The molecule has 0 aliphatic heterocycles. The number of ether oxygens (including phenoxy) is 2. The van der Waals surface area contributed by atoms with Gasteiger partial charge in [0.15, 0.2) is 0 Å². The van der Waals surface area contributed by atoms with Gasteiger partial charge in [0.05, 0.1) is 0 Å². The molecule has 0 heterocycles. The van der Waals surface area contributed by atoms with Gasteiger partial charge in [-0.2, -0.15) is 5.26 Å². The van der Waals surface area contributed by atoms with Gasteiger partial charge in [-0.05, 0) is 58.7 Å². The minimum Gasteiger partial charge on any atom is -0.456 e. The SMILES string of the molecule is N#Cc1c(Oc2ccc3c(c2)C=C3)cccc1Oc1ccc2c(c1)C=C2. The lowest BCUT2D eigenvalue weighted by molar-refractivity contribution is 0.457. The van der Waals surface area contributed by atoms with E-state index < -0.39 is 0 Å². The molecule has 0 bridgehead atoms. The van der Waals surface area contributed by atoms with Crippen LogP contribution in [0.1, 0.15) is 27.8 Å². The number of nitriles is 1. The van der Waals surface area contributed by atoms with E-state index in [0.29, 0.717) is 28.6 Å².